The van der Waals surface area contributed by atoms with E-state index in [1.807, 2.05) is 18.2 Å². The second-order valence-corrected chi connectivity index (χ2v) is 4.97. The zero-order valence-electron chi connectivity index (χ0n) is 12.3. The number of nitrogens with one attached hydrogen (secondary N) is 1. The van der Waals surface area contributed by atoms with Crippen LogP contribution in [0.15, 0.2) is 54.6 Å². The normalized spacial score (nSPS) is 11.5. The summed E-state index contributed by atoms with van der Waals surface area (Å²) < 4.78 is 5.01. The number of aliphatic carboxylic acids is 1. The van der Waals surface area contributed by atoms with Crippen LogP contribution in [0.3, 0.4) is 0 Å². The summed E-state index contributed by atoms with van der Waals surface area (Å²) in [7, 11) is 0. The Hall–Kier alpha value is -3.02. The first-order valence-electron chi connectivity index (χ1n) is 7.02. The molecular weight excluding hydrogens is 298 g/mol. The quantitative estimate of drug-likeness (QED) is 0.760. The summed E-state index contributed by atoms with van der Waals surface area (Å²) in [5, 5.41) is 20.7. The number of aromatic hydroxyl groups is 1. The van der Waals surface area contributed by atoms with Crippen LogP contribution in [0.5, 0.6) is 5.75 Å². The van der Waals surface area contributed by atoms with Crippen molar-refractivity contribution in [3.63, 3.8) is 0 Å². The van der Waals surface area contributed by atoms with Gasteiger partial charge in [0, 0.05) is 6.42 Å². The third-order valence-electron chi connectivity index (χ3n) is 3.18. The largest absolute Gasteiger partial charge is 0.508 e. The van der Waals surface area contributed by atoms with Crippen LogP contribution < -0.4 is 5.32 Å². The Labute approximate surface area is 133 Å². The van der Waals surface area contributed by atoms with E-state index >= 15 is 0 Å². The van der Waals surface area contributed by atoms with E-state index in [9.17, 15) is 19.8 Å². The minimum atomic E-state index is -1.16. The summed E-state index contributed by atoms with van der Waals surface area (Å²) in [6.07, 6.45) is -0.698. The molecule has 1 amide bonds. The van der Waals surface area contributed by atoms with E-state index in [2.05, 4.69) is 5.32 Å². The van der Waals surface area contributed by atoms with Crippen molar-refractivity contribution >= 4 is 12.1 Å². The molecule has 2 aromatic carbocycles. The summed E-state index contributed by atoms with van der Waals surface area (Å²) in [6.45, 7) is 0.0677. The van der Waals surface area contributed by atoms with Crippen molar-refractivity contribution in [1.82, 2.24) is 5.32 Å². The molecule has 0 bridgehead atoms. The number of carbonyl (C=O) groups excluding carboxylic acids is 1. The van der Waals surface area contributed by atoms with E-state index in [1.165, 1.54) is 12.1 Å². The maximum absolute atomic E-state index is 11.7. The highest BCUT2D eigenvalue weighted by atomic mass is 16.5. The van der Waals surface area contributed by atoms with Gasteiger partial charge in [-0.15, -0.1) is 0 Å². The van der Waals surface area contributed by atoms with Crippen LogP contribution in [0.25, 0.3) is 0 Å². The van der Waals surface area contributed by atoms with E-state index in [0.717, 1.165) is 5.56 Å². The molecule has 1 atom stereocenters. The number of hydrogen-bond acceptors (Lipinski definition) is 4. The van der Waals surface area contributed by atoms with Crippen LogP contribution in [0, 0.1) is 0 Å². The van der Waals surface area contributed by atoms with Gasteiger partial charge in [-0.3, -0.25) is 0 Å². The molecule has 0 saturated carbocycles. The molecule has 0 spiro atoms. The maximum Gasteiger partial charge on any atom is 0.408 e. The smallest absolute Gasteiger partial charge is 0.408 e. The van der Waals surface area contributed by atoms with Gasteiger partial charge in [-0.1, -0.05) is 42.5 Å². The lowest BCUT2D eigenvalue weighted by Gasteiger charge is -2.14. The molecule has 0 saturated heterocycles. The number of carbonyl (C=O) groups is 2. The van der Waals surface area contributed by atoms with Gasteiger partial charge in [0.15, 0.2) is 0 Å². The standard InChI is InChI=1S/C17H17NO5/c19-14-8-6-12(7-9-14)10-15(16(20)21)18-17(22)23-11-13-4-2-1-3-5-13/h1-9,15,19H,10-11H2,(H,18,22)(H,20,21). The van der Waals surface area contributed by atoms with Crippen LogP contribution in [-0.4, -0.2) is 28.3 Å². The van der Waals surface area contributed by atoms with Crippen molar-refractivity contribution in [3.05, 3.63) is 65.7 Å². The molecule has 0 aliphatic rings. The average molecular weight is 315 g/mol. The monoisotopic (exact) mass is 315 g/mol. The molecule has 1 unspecified atom stereocenters. The molecule has 2 aromatic rings. The zero-order chi connectivity index (χ0) is 16.7. The summed E-state index contributed by atoms with van der Waals surface area (Å²) in [6, 6.07) is 14.1. The number of rotatable bonds is 6. The fourth-order valence-electron chi connectivity index (χ4n) is 1.97. The fourth-order valence-corrected chi connectivity index (χ4v) is 1.97. The summed E-state index contributed by atoms with van der Waals surface area (Å²) in [5.41, 5.74) is 1.49. The molecule has 3 N–H and O–H groups in total. The second kappa shape index (κ2) is 7.84. The predicted octanol–water partition coefficient (Wildman–Crippen LogP) is 2.31. The first-order valence-corrected chi connectivity index (χ1v) is 7.02. The number of carboxylic acid groups (broad SMARTS) is 1. The second-order valence-electron chi connectivity index (χ2n) is 4.97. The van der Waals surface area contributed by atoms with Crippen molar-refractivity contribution in [3.8, 4) is 5.75 Å². The third-order valence-corrected chi connectivity index (χ3v) is 3.18. The Morgan fingerprint density at radius 1 is 1.00 bits per heavy atom. The Morgan fingerprint density at radius 2 is 1.65 bits per heavy atom. The lowest BCUT2D eigenvalue weighted by atomic mass is 10.1. The summed E-state index contributed by atoms with van der Waals surface area (Å²) >= 11 is 0. The highest BCUT2D eigenvalue weighted by Gasteiger charge is 2.21. The Kier molecular flexibility index (Phi) is 5.57. The van der Waals surface area contributed by atoms with Crippen LogP contribution in [0.2, 0.25) is 0 Å². The number of amides is 1. The summed E-state index contributed by atoms with van der Waals surface area (Å²) in [4.78, 5) is 23.0. The van der Waals surface area contributed by atoms with Crippen LogP contribution in [-0.2, 0) is 22.6 Å². The van der Waals surface area contributed by atoms with Gasteiger partial charge < -0.3 is 20.3 Å². The maximum atomic E-state index is 11.7. The molecule has 0 aliphatic carbocycles. The summed E-state index contributed by atoms with van der Waals surface area (Å²) in [5.74, 6) is -1.06. The van der Waals surface area contributed by atoms with Gasteiger partial charge in [0.05, 0.1) is 0 Å². The van der Waals surface area contributed by atoms with E-state index in [4.69, 9.17) is 4.74 Å². The number of hydrogen-bond donors (Lipinski definition) is 3. The first-order chi connectivity index (χ1) is 11.0. The highest BCUT2D eigenvalue weighted by molar-refractivity contribution is 5.80. The molecule has 0 fully saturated rings. The van der Waals surface area contributed by atoms with Crippen molar-refractivity contribution in [2.24, 2.45) is 0 Å². The number of alkyl carbamates (subject to hydrolysis) is 1. The zero-order valence-corrected chi connectivity index (χ0v) is 12.3. The Bertz CT molecular complexity index is 654. The molecule has 120 valence electrons. The van der Waals surface area contributed by atoms with Gasteiger partial charge in [-0.25, -0.2) is 9.59 Å². The molecule has 6 nitrogen and oxygen atoms in total. The Balaban J connectivity index is 1.89. The Morgan fingerprint density at radius 3 is 2.26 bits per heavy atom. The number of ether oxygens (including phenoxy) is 1. The molecule has 0 radical (unpaired) electrons. The van der Waals surface area contributed by atoms with Crippen LogP contribution in [0.1, 0.15) is 11.1 Å². The first kappa shape index (κ1) is 16.4. The van der Waals surface area contributed by atoms with Gasteiger partial charge in [-0.05, 0) is 23.3 Å². The van der Waals surface area contributed by atoms with Gasteiger partial charge in [-0.2, -0.15) is 0 Å². The number of phenolic OH excluding ortho intramolecular Hbond substituents is 1. The number of carboxylic acids is 1. The van der Waals surface area contributed by atoms with E-state index < -0.39 is 18.1 Å². The lowest BCUT2D eigenvalue weighted by Crippen LogP contribution is -2.42. The molecule has 0 aliphatic heterocycles. The SMILES string of the molecule is O=C(NC(Cc1ccc(O)cc1)C(=O)O)OCc1ccccc1. The number of phenols is 1. The topological polar surface area (TPSA) is 95.9 Å². The molecule has 0 heterocycles. The van der Waals surface area contributed by atoms with Crippen LogP contribution in [0.4, 0.5) is 4.79 Å². The number of benzene rings is 2. The fraction of sp³-hybridized carbons (Fsp3) is 0.176. The van der Waals surface area contributed by atoms with E-state index in [0.29, 0.717) is 5.56 Å². The van der Waals surface area contributed by atoms with Gasteiger partial charge in [0.2, 0.25) is 0 Å². The molecule has 2 rings (SSSR count). The predicted molar refractivity (Wildman–Crippen MR) is 83.0 cm³/mol. The van der Waals surface area contributed by atoms with Crippen molar-refractivity contribution in [2.75, 3.05) is 0 Å². The third kappa shape index (κ3) is 5.35. The van der Waals surface area contributed by atoms with Gasteiger partial charge in [0.1, 0.15) is 18.4 Å². The molecular formula is C17H17NO5. The van der Waals surface area contributed by atoms with Gasteiger partial charge in [0.25, 0.3) is 0 Å². The van der Waals surface area contributed by atoms with E-state index in [-0.39, 0.29) is 18.8 Å². The van der Waals surface area contributed by atoms with Gasteiger partial charge >= 0.3 is 12.1 Å². The van der Waals surface area contributed by atoms with Crippen LogP contribution >= 0.6 is 0 Å². The minimum Gasteiger partial charge on any atom is -0.508 e. The molecule has 6 heteroatoms. The van der Waals surface area contributed by atoms with E-state index in [1.54, 1.807) is 24.3 Å². The molecule has 0 aromatic heterocycles. The lowest BCUT2D eigenvalue weighted by molar-refractivity contribution is -0.139. The molecule has 23 heavy (non-hydrogen) atoms. The van der Waals surface area contributed by atoms with Crippen molar-refractivity contribution in [2.45, 2.75) is 19.1 Å². The van der Waals surface area contributed by atoms with Crippen molar-refractivity contribution in [1.29, 1.82) is 0 Å². The average Bonchev–Trinajstić information content (AvgIpc) is 2.55. The minimum absolute atomic E-state index is 0.0677. The highest BCUT2D eigenvalue weighted by Crippen LogP contribution is 2.11. The van der Waals surface area contributed by atoms with Crippen molar-refractivity contribution < 1.29 is 24.5 Å².